The van der Waals surface area contributed by atoms with Crippen LogP contribution in [0.5, 0.6) is 0 Å². The normalized spacial score (nSPS) is 12.5. The van der Waals surface area contributed by atoms with Crippen LogP contribution in [-0.4, -0.2) is 15.6 Å². The lowest BCUT2D eigenvalue weighted by molar-refractivity contribution is -0.137. The number of fused-ring (bicyclic) bond motifs is 3. The standard InChI is InChI=1S/C22H21NO2/c24-22(25)11-6-14-23-20-13-12-16-7-4-5-10-18(16)19(20)15-21(23)17-8-2-1-3-9-17/h1-5,7-10,15H,6,11-14H2,(H,24,25). The largest absolute Gasteiger partial charge is 0.481 e. The van der Waals surface area contributed by atoms with Crippen LogP contribution in [0.2, 0.25) is 0 Å². The van der Waals surface area contributed by atoms with Crippen LogP contribution >= 0.6 is 0 Å². The number of hydrogen-bond acceptors (Lipinski definition) is 1. The Bertz CT molecular complexity index is 909. The zero-order chi connectivity index (χ0) is 17.2. The van der Waals surface area contributed by atoms with Crippen LogP contribution in [0.3, 0.4) is 0 Å². The number of nitrogens with zero attached hydrogens (tertiary/aromatic N) is 1. The van der Waals surface area contributed by atoms with Crippen LogP contribution in [0, 0.1) is 0 Å². The molecule has 1 heterocycles. The average Bonchev–Trinajstić information content (AvgIpc) is 3.01. The Kier molecular flexibility index (Phi) is 4.14. The third-order valence-electron chi connectivity index (χ3n) is 4.99. The number of aryl methyl sites for hydroxylation is 1. The molecule has 0 aliphatic heterocycles. The lowest BCUT2D eigenvalue weighted by Crippen LogP contribution is -2.11. The van der Waals surface area contributed by atoms with Gasteiger partial charge in [0.2, 0.25) is 0 Å². The summed E-state index contributed by atoms with van der Waals surface area (Å²) >= 11 is 0. The van der Waals surface area contributed by atoms with Gasteiger partial charge in [0.05, 0.1) is 0 Å². The van der Waals surface area contributed by atoms with Gasteiger partial charge in [-0.1, -0.05) is 54.6 Å². The monoisotopic (exact) mass is 331 g/mol. The van der Waals surface area contributed by atoms with Crippen LogP contribution in [0.25, 0.3) is 22.4 Å². The van der Waals surface area contributed by atoms with Gasteiger partial charge in [0.25, 0.3) is 0 Å². The van der Waals surface area contributed by atoms with Crippen molar-refractivity contribution in [2.75, 3.05) is 0 Å². The molecule has 4 rings (SSSR count). The fourth-order valence-corrected chi connectivity index (χ4v) is 3.84. The van der Waals surface area contributed by atoms with Crippen LogP contribution in [-0.2, 0) is 24.2 Å². The number of carboxylic acid groups (broad SMARTS) is 1. The summed E-state index contributed by atoms with van der Waals surface area (Å²) in [4.78, 5) is 10.9. The number of carboxylic acids is 1. The molecule has 126 valence electrons. The highest BCUT2D eigenvalue weighted by molar-refractivity contribution is 5.78. The minimum atomic E-state index is -0.729. The van der Waals surface area contributed by atoms with E-state index in [1.54, 1.807) is 0 Å². The SMILES string of the molecule is O=C(O)CCCn1c(-c2ccccc2)cc2c1CCc1ccccc1-2. The van der Waals surface area contributed by atoms with Gasteiger partial charge in [0, 0.05) is 29.9 Å². The highest BCUT2D eigenvalue weighted by Gasteiger charge is 2.22. The van der Waals surface area contributed by atoms with Crippen molar-refractivity contribution in [1.82, 2.24) is 4.57 Å². The minimum Gasteiger partial charge on any atom is -0.481 e. The van der Waals surface area contributed by atoms with Gasteiger partial charge >= 0.3 is 5.97 Å². The Labute approximate surface area is 147 Å². The maximum atomic E-state index is 10.9. The molecule has 1 N–H and O–H groups in total. The molecule has 0 atom stereocenters. The second-order valence-electron chi connectivity index (χ2n) is 6.56. The summed E-state index contributed by atoms with van der Waals surface area (Å²) in [5.41, 5.74) is 7.73. The van der Waals surface area contributed by atoms with E-state index in [0.29, 0.717) is 6.42 Å². The number of aliphatic carboxylic acids is 1. The average molecular weight is 331 g/mol. The summed E-state index contributed by atoms with van der Waals surface area (Å²) in [7, 11) is 0. The van der Waals surface area contributed by atoms with Gasteiger partial charge in [-0.2, -0.15) is 0 Å². The zero-order valence-corrected chi connectivity index (χ0v) is 14.1. The van der Waals surface area contributed by atoms with Crippen LogP contribution in [0.1, 0.15) is 24.1 Å². The highest BCUT2D eigenvalue weighted by atomic mass is 16.4. The van der Waals surface area contributed by atoms with E-state index < -0.39 is 5.97 Å². The van der Waals surface area contributed by atoms with Crippen LogP contribution in [0.4, 0.5) is 0 Å². The van der Waals surface area contributed by atoms with Crippen molar-refractivity contribution < 1.29 is 9.90 Å². The van der Waals surface area contributed by atoms with Crippen molar-refractivity contribution in [1.29, 1.82) is 0 Å². The predicted molar refractivity (Wildman–Crippen MR) is 99.6 cm³/mol. The van der Waals surface area contributed by atoms with Gasteiger partial charge in [0.15, 0.2) is 0 Å². The molecule has 0 unspecified atom stereocenters. The van der Waals surface area contributed by atoms with Gasteiger partial charge in [0.1, 0.15) is 0 Å². The number of carbonyl (C=O) groups is 1. The first kappa shape index (κ1) is 15.7. The third-order valence-corrected chi connectivity index (χ3v) is 4.99. The van der Waals surface area contributed by atoms with Crippen molar-refractivity contribution in [3.05, 3.63) is 71.9 Å². The molecule has 0 amide bonds. The van der Waals surface area contributed by atoms with Gasteiger partial charge in [-0.25, -0.2) is 0 Å². The maximum Gasteiger partial charge on any atom is 0.303 e. The molecule has 0 spiro atoms. The second kappa shape index (κ2) is 6.60. The molecule has 2 aromatic carbocycles. The molecule has 0 saturated heterocycles. The Morgan fingerprint density at radius 2 is 1.72 bits per heavy atom. The molecule has 3 heteroatoms. The summed E-state index contributed by atoms with van der Waals surface area (Å²) < 4.78 is 2.34. The van der Waals surface area contributed by atoms with Crippen molar-refractivity contribution in [3.63, 3.8) is 0 Å². The van der Waals surface area contributed by atoms with E-state index in [1.807, 2.05) is 6.07 Å². The molecule has 1 aliphatic carbocycles. The Morgan fingerprint density at radius 3 is 2.52 bits per heavy atom. The van der Waals surface area contributed by atoms with E-state index >= 15 is 0 Å². The number of rotatable bonds is 5. The van der Waals surface area contributed by atoms with Gasteiger partial charge in [-0.05, 0) is 42.0 Å². The highest BCUT2D eigenvalue weighted by Crippen LogP contribution is 2.38. The molecular formula is C22H21NO2. The van der Waals surface area contributed by atoms with E-state index in [1.165, 1.54) is 33.6 Å². The fraction of sp³-hybridized carbons (Fsp3) is 0.227. The van der Waals surface area contributed by atoms with Gasteiger partial charge in [-0.15, -0.1) is 0 Å². The van der Waals surface area contributed by atoms with E-state index in [-0.39, 0.29) is 6.42 Å². The number of aromatic nitrogens is 1. The predicted octanol–water partition coefficient (Wildman–Crippen LogP) is 4.79. The first-order chi connectivity index (χ1) is 12.2. The van der Waals surface area contributed by atoms with Crippen molar-refractivity contribution in [2.45, 2.75) is 32.2 Å². The summed E-state index contributed by atoms with van der Waals surface area (Å²) in [5.74, 6) is -0.729. The van der Waals surface area contributed by atoms with E-state index in [4.69, 9.17) is 5.11 Å². The molecule has 3 aromatic rings. The van der Waals surface area contributed by atoms with E-state index in [0.717, 1.165) is 19.4 Å². The lowest BCUT2D eigenvalue weighted by atomic mass is 9.90. The quantitative estimate of drug-likeness (QED) is 0.730. The van der Waals surface area contributed by atoms with Crippen molar-refractivity contribution in [2.24, 2.45) is 0 Å². The summed E-state index contributed by atoms with van der Waals surface area (Å²) in [6, 6.07) is 21.3. The van der Waals surface area contributed by atoms with Gasteiger partial charge in [-0.3, -0.25) is 4.79 Å². The molecule has 0 fully saturated rings. The molecule has 3 nitrogen and oxygen atoms in total. The molecule has 0 saturated carbocycles. The molecule has 1 aromatic heterocycles. The summed E-state index contributed by atoms with van der Waals surface area (Å²) in [5, 5.41) is 8.99. The molecule has 0 radical (unpaired) electrons. The minimum absolute atomic E-state index is 0.206. The Hall–Kier alpha value is -2.81. The summed E-state index contributed by atoms with van der Waals surface area (Å²) in [6.07, 6.45) is 2.91. The van der Waals surface area contributed by atoms with Crippen LogP contribution in [0.15, 0.2) is 60.7 Å². The van der Waals surface area contributed by atoms with E-state index in [2.05, 4.69) is 59.2 Å². The Morgan fingerprint density at radius 1 is 0.960 bits per heavy atom. The lowest BCUT2D eigenvalue weighted by Gasteiger charge is -2.19. The first-order valence-electron chi connectivity index (χ1n) is 8.82. The molecule has 0 bridgehead atoms. The smallest absolute Gasteiger partial charge is 0.303 e. The van der Waals surface area contributed by atoms with E-state index in [9.17, 15) is 4.79 Å². The van der Waals surface area contributed by atoms with Crippen molar-refractivity contribution >= 4 is 5.97 Å². The molecule has 25 heavy (non-hydrogen) atoms. The molecule has 1 aliphatic rings. The van der Waals surface area contributed by atoms with Crippen molar-refractivity contribution in [3.8, 4) is 22.4 Å². The fourth-order valence-electron chi connectivity index (χ4n) is 3.84. The molecular weight excluding hydrogens is 310 g/mol. The number of hydrogen-bond donors (Lipinski definition) is 1. The van der Waals surface area contributed by atoms with Crippen LogP contribution < -0.4 is 0 Å². The first-order valence-corrected chi connectivity index (χ1v) is 8.82. The second-order valence-corrected chi connectivity index (χ2v) is 6.56. The topological polar surface area (TPSA) is 42.2 Å². The third kappa shape index (κ3) is 2.98. The summed E-state index contributed by atoms with van der Waals surface area (Å²) in [6.45, 7) is 0.744. The number of benzene rings is 2. The zero-order valence-electron chi connectivity index (χ0n) is 14.1. The maximum absolute atomic E-state index is 10.9. The Balaban J connectivity index is 1.81. The van der Waals surface area contributed by atoms with Gasteiger partial charge < -0.3 is 9.67 Å².